The number of likely N-dealkylation sites (tertiary alicyclic amines) is 1. The van der Waals surface area contributed by atoms with Gasteiger partial charge in [-0.15, -0.1) is 11.8 Å². The van der Waals surface area contributed by atoms with Crippen molar-refractivity contribution >= 4 is 29.5 Å². The summed E-state index contributed by atoms with van der Waals surface area (Å²) in [5.41, 5.74) is -0.732. The van der Waals surface area contributed by atoms with Gasteiger partial charge in [0.15, 0.2) is 0 Å². The van der Waals surface area contributed by atoms with Gasteiger partial charge >= 0.3 is 5.97 Å². The number of amides is 2. The summed E-state index contributed by atoms with van der Waals surface area (Å²) in [7, 11) is 0. The number of rotatable bonds is 5. The van der Waals surface area contributed by atoms with E-state index in [1.54, 1.807) is 9.80 Å². The van der Waals surface area contributed by atoms with E-state index >= 15 is 0 Å². The highest BCUT2D eigenvalue weighted by molar-refractivity contribution is 8.00. The number of carboxylic acids is 1. The van der Waals surface area contributed by atoms with Gasteiger partial charge in [0, 0.05) is 26.2 Å². The summed E-state index contributed by atoms with van der Waals surface area (Å²) in [6, 6.07) is 0. The van der Waals surface area contributed by atoms with E-state index in [1.165, 1.54) is 11.8 Å². The van der Waals surface area contributed by atoms with Crippen molar-refractivity contribution in [3.05, 3.63) is 0 Å². The van der Waals surface area contributed by atoms with Crippen molar-refractivity contribution in [2.45, 2.75) is 19.3 Å². The number of ether oxygens (including phenoxy) is 1. The molecule has 1 saturated carbocycles. The minimum Gasteiger partial charge on any atom is -0.481 e. The number of carboxylic acid groups (broad SMARTS) is 1. The van der Waals surface area contributed by atoms with E-state index in [0.29, 0.717) is 45.8 Å². The lowest BCUT2D eigenvalue weighted by Crippen LogP contribution is -2.42. The highest BCUT2D eigenvalue weighted by Crippen LogP contribution is 2.48. The van der Waals surface area contributed by atoms with E-state index in [0.717, 1.165) is 12.8 Å². The Labute approximate surface area is 145 Å². The number of carbonyl (C=O) groups is 3. The van der Waals surface area contributed by atoms with Crippen LogP contribution in [0, 0.1) is 11.3 Å². The van der Waals surface area contributed by atoms with E-state index in [2.05, 4.69) is 0 Å². The number of carbonyl (C=O) groups excluding carboxylic acids is 2. The van der Waals surface area contributed by atoms with E-state index in [9.17, 15) is 19.5 Å². The minimum atomic E-state index is -0.768. The molecular weight excluding hydrogens is 332 g/mol. The first-order valence-electron chi connectivity index (χ1n) is 8.47. The third-order valence-electron chi connectivity index (χ3n) is 5.46. The van der Waals surface area contributed by atoms with Gasteiger partial charge in [-0.05, 0) is 18.8 Å². The Morgan fingerprint density at radius 3 is 2.42 bits per heavy atom. The number of hydrogen-bond donors (Lipinski definition) is 1. The molecule has 3 rings (SSSR count). The Morgan fingerprint density at radius 2 is 1.79 bits per heavy atom. The average Bonchev–Trinajstić information content (AvgIpc) is 3.13. The first-order chi connectivity index (χ1) is 11.5. The van der Waals surface area contributed by atoms with E-state index in [-0.39, 0.29) is 29.2 Å². The SMILES string of the molecule is O=C(CSCC(=O)N1C[C@@H]2CCC[C@@]2(C(=O)O)C1)N1CCOCC1. The van der Waals surface area contributed by atoms with Crippen LogP contribution in [0.1, 0.15) is 19.3 Å². The van der Waals surface area contributed by atoms with Crippen LogP contribution < -0.4 is 0 Å². The highest BCUT2D eigenvalue weighted by atomic mass is 32.2. The first kappa shape index (κ1) is 17.5. The highest BCUT2D eigenvalue weighted by Gasteiger charge is 2.55. The van der Waals surface area contributed by atoms with Gasteiger partial charge in [0.05, 0.1) is 30.1 Å². The van der Waals surface area contributed by atoms with Crippen molar-refractivity contribution in [3.63, 3.8) is 0 Å². The molecule has 8 heteroatoms. The van der Waals surface area contributed by atoms with E-state index in [4.69, 9.17) is 4.74 Å². The summed E-state index contributed by atoms with van der Waals surface area (Å²) in [6.45, 7) is 3.24. The third kappa shape index (κ3) is 3.39. The Morgan fingerprint density at radius 1 is 1.12 bits per heavy atom. The van der Waals surface area contributed by atoms with Crippen molar-refractivity contribution in [3.8, 4) is 0 Å². The second kappa shape index (κ2) is 7.31. The molecule has 0 unspecified atom stereocenters. The fourth-order valence-corrected chi connectivity index (χ4v) is 4.87. The Kier molecular flexibility index (Phi) is 5.34. The number of hydrogen-bond acceptors (Lipinski definition) is 5. The van der Waals surface area contributed by atoms with Crippen molar-refractivity contribution in [1.29, 1.82) is 0 Å². The Balaban J connectivity index is 1.44. The van der Waals surface area contributed by atoms with E-state index in [1.807, 2.05) is 0 Å². The van der Waals surface area contributed by atoms with Crippen LogP contribution in [0.4, 0.5) is 0 Å². The maximum absolute atomic E-state index is 12.4. The fraction of sp³-hybridized carbons (Fsp3) is 0.812. The monoisotopic (exact) mass is 356 g/mol. The Hall–Kier alpha value is -1.28. The van der Waals surface area contributed by atoms with Crippen LogP contribution in [-0.2, 0) is 19.1 Å². The molecule has 3 aliphatic rings. The van der Waals surface area contributed by atoms with Crippen LogP contribution in [0.25, 0.3) is 0 Å². The van der Waals surface area contributed by atoms with Gasteiger partial charge in [-0.3, -0.25) is 14.4 Å². The number of morpholine rings is 1. The molecule has 1 N–H and O–H groups in total. The Bertz CT molecular complexity index is 523. The number of aliphatic carboxylic acids is 1. The van der Waals surface area contributed by atoms with Crippen molar-refractivity contribution in [2.24, 2.45) is 11.3 Å². The van der Waals surface area contributed by atoms with Gasteiger partial charge in [0.1, 0.15) is 0 Å². The molecule has 2 atom stereocenters. The zero-order valence-electron chi connectivity index (χ0n) is 13.7. The molecule has 2 heterocycles. The topological polar surface area (TPSA) is 87.2 Å². The predicted molar refractivity (Wildman–Crippen MR) is 88.7 cm³/mol. The standard InChI is InChI=1S/C16H24N2O5S/c19-13(17-4-6-23-7-5-17)9-24-10-14(20)18-8-12-2-1-3-16(12,11-18)15(21)22/h12H,1-11H2,(H,21,22)/t12-,16+/m0/s1. The zero-order chi connectivity index (χ0) is 17.2. The molecule has 2 aliphatic heterocycles. The zero-order valence-corrected chi connectivity index (χ0v) is 14.6. The molecule has 0 aromatic carbocycles. The summed E-state index contributed by atoms with van der Waals surface area (Å²) in [4.78, 5) is 39.5. The molecule has 7 nitrogen and oxygen atoms in total. The maximum atomic E-state index is 12.4. The summed E-state index contributed by atoms with van der Waals surface area (Å²) >= 11 is 1.31. The van der Waals surface area contributed by atoms with Crippen molar-refractivity contribution < 1.29 is 24.2 Å². The summed E-state index contributed by atoms with van der Waals surface area (Å²) in [5.74, 6) is -0.179. The third-order valence-corrected chi connectivity index (χ3v) is 6.37. The largest absolute Gasteiger partial charge is 0.481 e. The molecule has 0 aromatic heterocycles. The summed E-state index contributed by atoms with van der Waals surface area (Å²) in [5, 5.41) is 9.56. The lowest BCUT2D eigenvalue weighted by Gasteiger charge is -2.26. The number of fused-ring (bicyclic) bond motifs is 1. The molecular formula is C16H24N2O5S. The molecule has 3 fully saturated rings. The van der Waals surface area contributed by atoms with Crippen LogP contribution >= 0.6 is 11.8 Å². The van der Waals surface area contributed by atoms with E-state index < -0.39 is 11.4 Å². The molecule has 1 aliphatic carbocycles. The fourth-order valence-electron chi connectivity index (χ4n) is 4.05. The predicted octanol–water partition coefficient (Wildman–Crippen LogP) is 0.292. The maximum Gasteiger partial charge on any atom is 0.311 e. The van der Waals surface area contributed by atoms with Crippen molar-refractivity contribution in [1.82, 2.24) is 9.80 Å². The summed E-state index contributed by atoms with van der Waals surface area (Å²) < 4.78 is 5.22. The second-order valence-electron chi connectivity index (χ2n) is 6.81. The van der Waals surface area contributed by atoms with Gasteiger partial charge in [0.25, 0.3) is 0 Å². The molecule has 24 heavy (non-hydrogen) atoms. The van der Waals surface area contributed by atoms with Gasteiger partial charge in [-0.2, -0.15) is 0 Å². The first-order valence-corrected chi connectivity index (χ1v) is 9.63. The smallest absolute Gasteiger partial charge is 0.311 e. The molecule has 0 bridgehead atoms. The lowest BCUT2D eigenvalue weighted by molar-refractivity contribution is -0.149. The van der Waals surface area contributed by atoms with Crippen LogP contribution in [0.2, 0.25) is 0 Å². The van der Waals surface area contributed by atoms with Crippen molar-refractivity contribution in [2.75, 3.05) is 50.9 Å². The average molecular weight is 356 g/mol. The second-order valence-corrected chi connectivity index (χ2v) is 7.80. The number of nitrogens with zero attached hydrogens (tertiary/aromatic N) is 2. The molecule has 134 valence electrons. The molecule has 0 aromatic rings. The molecule has 2 amide bonds. The summed E-state index contributed by atoms with van der Waals surface area (Å²) in [6.07, 6.45) is 2.49. The van der Waals surface area contributed by atoms with Gasteiger partial charge in [0.2, 0.25) is 11.8 Å². The lowest BCUT2D eigenvalue weighted by atomic mass is 9.81. The van der Waals surface area contributed by atoms with Crippen LogP contribution in [-0.4, -0.2) is 83.6 Å². The van der Waals surface area contributed by atoms with Gasteiger partial charge in [-0.25, -0.2) is 0 Å². The molecule has 0 radical (unpaired) electrons. The quantitative estimate of drug-likeness (QED) is 0.762. The molecule has 0 spiro atoms. The molecule has 2 saturated heterocycles. The van der Waals surface area contributed by atoms with Crippen LogP contribution in [0.5, 0.6) is 0 Å². The number of thioether (sulfide) groups is 1. The van der Waals surface area contributed by atoms with Crippen LogP contribution in [0.15, 0.2) is 0 Å². The normalized spacial score (nSPS) is 29.6. The minimum absolute atomic E-state index is 0.0383. The van der Waals surface area contributed by atoms with Crippen LogP contribution in [0.3, 0.4) is 0 Å². The van der Waals surface area contributed by atoms with Gasteiger partial charge < -0.3 is 19.6 Å². The van der Waals surface area contributed by atoms with Gasteiger partial charge in [-0.1, -0.05) is 6.42 Å².